The number of carbonyl (C=O) groups is 1. The first-order chi connectivity index (χ1) is 8.61. The van der Waals surface area contributed by atoms with Crippen molar-refractivity contribution >= 4 is 5.97 Å². The molecule has 0 radical (unpaired) electrons. The molecule has 18 heavy (non-hydrogen) atoms. The highest BCUT2D eigenvalue weighted by Gasteiger charge is 2.06. The standard InChI is InChI=1S/C13H19NO4/c1-10-3-5-12(6-4-10)18-9-11(15)7-14-8-13(16)17-2/h3-6,11,14-15H,7-9H2,1-2H3. The molecule has 5 nitrogen and oxygen atoms in total. The average Bonchev–Trinajstić information content (AvgIpc) is 2.38. The molecular formula is C13H19NO4. The van der Waals surface area contributed by atoms with Gasteiger partial charge in [0.05, 0.1) is 13.7 Å². The van der Waals surface area contributed by atoms with E-state index in [9.17, 15) is 9.90 Å². The molecule has 0 spiro atoms. The van der Waals surface area contributed by atoms with Crippen LogP contribution < -0.4 is 10.1 Å². The number of aliphatic hydroxyl groups excluding tert-OH is 1. The number of hydrogen-bond acceptors (Lipinski definition) is 5. The maximum Gasteiger partial charge on any atom is 0.319 e. The second-order valence-electron chi connectivity index (χ2n) is 3.98. The Balaban J connectivity index is 2.18. The van der Waals surface area contributed by atoms with E-state index in [1.54, 1.807) is 0 Å². The maximum atomic E-state index is 10.8. The van der Waals surface area contributed by atoms with Crippen molar-refractivity contribution in [2.45, 2.75) is 13.0 Å². The van der Waals surface area contributed by atoms with Crippen molar-refractivity contribution in [3.63, 3.8) is 0 Å². The van der Waals surface area contributed by atoms with Crippen LogP contribution in [-0.2, 0) is 9.53 Å². The summed E-state index contributed by atoms with van der Waals surface area (Å²) in [6, 6.07) is 7.59. The molecule has 1 unspecified atom stereocenters. The van der Waals surface area contributed by atoms with E-state index < -0.39 is 6.10 Å². The predicted molar refractivity (Wildman–Crippen MR) is 67.6 cm³/mol. The highest BCUT2D eigenvalue weighted by Crippen LogP contribution is 2.11. The summed E-state index contributed by atoms with van der Waals surface area (Å²) >= 11 is 0. The summed E-state index contributed by atoms with van der Waals surface area (Å²) in [5.74, 6) is 0.356. The summed E-state index contributed by atoms with van der Waals surface area (Å²) in [5.41, 5.74) is 1.16. The lowest BCUT2D eigenvalue weighted by Gasteiger charge is -2.12. The van der Waals surface area contributed by atoms with E-state index in [0.29, 0.717) is 5.75 Å². The number of aryl methyl sites for hydroxylation is 1. The highest BCUT2D eigenvalue weighted by molar-refractivity contribution is 5.71. The molecule has 100 valence electrons. The van der Waals surface area contributed by atoms with Gasteiger partial charge in [-0.3, -0.25) is 4.79 Å². The summed E-state index contributed by atoms with van der Waals surface area (Å²) in [7, 11) is 1.32. The van der Waals surface area contributed by atoms with Crippen molar-refractivity contribution in [3.8, 4) is 5.75 Å². The number of hydrogen-bond donors (Lipinski definition) is 2. The van der Waals surface area contributed by atoms with Gasteiger partial charge in [-0.25, -0.2) is 0 Å². The van der Waals surface area contributed by atoms with Gasteiger partial charge in [0.25, 0.3) is 0 Å². The third kappa shape index (κ3) is 5.65. The molecule has 0 bridgehead atoms. The Morgan fingerprint density at radius 2 is 2.06 bits per heavy atom. The topological polar surface area (TPSA) is 67.8 Å². The molecule has 0 amide bonds. The monoisotopic (exact) mass is 253 g/mol. The van der Waals surface area contributed by atoms with Gasteiger partial charge < -0.3 is 19.9 Å². The van der Waals surface area contributed by atoms with Crippen LogP contribution in [-0.4, -0.2) is 44.0 Å². The van der Waals surface area contributed by atoms with Crippen LogP contribution in [0.2, 0.25) is 0 Å². The number of aliphatic hydroxyl groups is 1. The van der Waals surface area contributed by atoms with Crippen molar-refractivity contribution in [2.24, 2.45) is 0 Å². The fraction of sp³-hybridized carbons (Fsp3) is 0.462. The van der Waals surface area contributed by atoms with Gasteiger partial charge in [0.15, 0.2) is 0 Å². The molecule has 1 aromatic carbocycles. The molecule has 0 saturated heterocycles. The SMILES string of the molecule is COC(=O)CNCC(O)COc1ccc(C)cc1. The lowest BCUT2D eigenvalue weighted by atomic mass is 10.2. The molecule has 2 N–H and O–H groups in total. The first kappa shape index (κ1) is 14.5. The minimum absolute atomic E-state index is 0.0814. The zero-order valence-electron chi connectivity index (χ0n) is 10.7. The Kier molecular flexibility index (Phi) is 6.18. The molecule has 0 saturated carbocycles. The normalized spacial score (nSPS) is 11.9. The van der Waals surface area contributed by atoms with Crippen molar-refractivity contribution < 1.29 is 19.4 Å². The molecule has 1 rings (SSSR count). The fourth-order valence-electron chi connectivity index (χ4n) is 1.30. The lowest BCUT2D eigenvalue weighted by molar-refractivity contribution is -0.139. The van der Waals surface area contributed by atoms with Gasteiger partial charge in [-0.05, 0) is 19.1 Å². The Labute approximate surface area is 107 Å². The van der Waals surface area contributed by atoms with Gasteiger partial charge in [-0.15, -0.1) is 0 Å². The second-order valence-corrected chi connectivity index (χ2v) is 3.98. The van der Waals surface area contributed by atoms with Crippen LogP contribution in [0.25, 0.3) is 0 Å². The molecule has 0 aliphatic rings. The van der Waals surface area contributed by atoms with Crippen molar-refractivity contribution in [3.05, 3.63) is 29.8 Å². The molecule has 1 aromatic rings. The first-order valence-electron chi connectivity index (χ1n) is 5.77. The Morgan fingerprint density at radius 3 is 2.67 bits per heavy atom. The maximum absolute atomic E-state index is 10.8. The van der Waals surface area contributed by atoms with Gasteiger partial charge in [-0.1, -0.05) is 17.7 Å². The average molecular weight is 253 g/mol. The van der Waals surface area contributed by atoms with Gasteiger partial charge in [-0.2, -0.15) is 0 Å². The van der Waals surface area contributed by atoms with Crippen molar-refractivity contribution in [2.75, 3.05) is 26.8 Å². The van der Waals surface area contributed by atoms with E-state index in [0.717, 1.165) is 5.56 Å². The minimum Gasteiger partial charge on any atom is -0.491 e. The van der Waals surface area contributed by atoms with Crippen molar-refractivity contribution in [1.82, 2.24) is 5.32 Å². The van der Waals surface area contributed by atoms with Crippen LogP contribution in [0.1, 0.15) is 5.56 Å². The molecule has 0 aromatic heterocycles. The van der Waals surface area contributed by atoms with Crippen LogP contribution in [0.5, 0.6) is 5.75 Å². The quantitative estimate of drug-likeness (QED) is 0.693. The van der Waals surface area contributed by atoms with E-state index in [4.69, 9.17) is 4.74 Å². The highest BCUT2D eigenvalue weighted by atomic mass is 16.5. The number of nitrogens with one attached hydrogen (secondary N) is 1. The summed E-state index contributed by atoms with van der Waals surface area (Å²) in [6.45, 7) is 2.53. The molecular weight excluding hydrogens is 234 g/mol. The Bertz CT molecular complexity index is 364. The number of ether oxygens (including phenoxy) is 2. The number of carbonyl (C=O) groups excluding carboxylic acids is 1. The zero-order valence-corrected chi connectivity index (χ0v) is 10.7. The van der Waals surface area contributed by atoms with E-state index in [1.807, 2.05) is 31.2 Å². The minimum atomic E-state index is -0.670. The summed E-state index contributed by atoms with van der Waals surface area (Å²) in [6.07, 6.45) is -0.670. The van der Waals surface area contributed by atoms with Crippen LogP contribution >= 0.6 is 0 Å². The van der Waals surface area contributed by atoms with Gasteiger partial charge >= 0.3 is 5.97 Å². The van der Waals surface area contributed by atoms with Crippen LogP contribution in [0.15, 0.2) is 24.3 Å². The molecule has 0 aliphatic carbocycles. The zero-order chi connectivity index (χ0) is 13.4. The lowest BCUT2D eigenvalue weighted by Crippen LogP contribution is -2.34. The smallest absolute Gasteiger partial charge is 0.319 e. The summed E-state index contributed by atoms with van der Waals surface area (Å²) in [4.78, 5) is 10.8. The van der Waals surface area contributed by atoms with Crippen molar-refractivity contribution in [1.29, 1.82) is 0 Å². The number of esters is 1. The molecule has 0 heterocycles. The number of benzene rings is 1. The number of methoxy groups -OCH3 is 1. The summed E-state index contributed by atoms with van der Waals surface area (Å²) < 4.78 is 9.86. The molecule has 0 aliphatic heterocycles. The molecule has 1 atom stereocenters. The van der Waals surface area contributed by atoms with Crippen LogP contribution in [0, 0.1) is 6.92 Å². The third-order valence-electron chi connectivity index (χ3n) is 2.34. The van der Waals surface area contributed by atoms with Crippen LogP contribution in [0.3, 0.4) is 0 Å². The number of rotatable bonds is 7. The van der Waals surface area contributed by atoms with E-state index in [1.165, 1.54) is 7.11 Å². The Hall–Kier alpha value is -1.59. The van der Waals surface area contributed by atoms with Gasteiger partial charge in [0.1, 0.15) is 18.5 Å². The van der Waals surface area contributed by atoms with Crippen LogP contribution in [0.4, 0.5) is 0 Å². The van der Waals surface area contributed by atoms with Gasteiger partial charge in [0.2, 0.25) is 0 Å². The van der Waals surface area contributed by atoms with E-state index >= 15 is 0 Å². The summed E-state index contributed by atoms with van der Waals surface area (Å²) in [5, 5.41) is 12.4. The largest absolute Gasteiger partial charge is 0.491 e. The first-order valence-corrected chi connectivity index (χ1v) is 5.77. The van der Waals surface area contributed by atoms with Gasteiger partial charge in [0, 0.05) is 6.54 Å². The predicted octanol–water partition coefficient (Wildman–Crippen LogP) is 0.497. The van der Waals surface area contributed by atoms with E-state index in [2.05, 4.69) is 10.1 Å². The molecule has 5 heteroatoms. The fourth-order valence-corrected chi connectivity index (χ4v) is 1.30. The van der Waals surface area contributed by atoms with E-state index in [-0.39, 0.29) is 25.7 Å². The third-order valence-corrected chi connectivity index (χ3v) is 2.34. The molecule has 0 fully saturated rings. The second kappa shape index (κ2) is 7.68. The Morgan fingerprint density at radius 1 is 1.39 bits per heavy atom.